The van der Waals surface area contributed by atoms with E-state index < -0.39 is 16.2 Å². The summed E-state index contributed by atoms with van der Waals surface area (Å²) in [6.07, 6.45) is 0. The molecule has 2 N–H and O–H groups in total. The molecule has 0 heterocycles. The van der Waals surface area contributed by atoms with Gasteiger partial charge in [-0.25, -0.2) is 4.72 Å². The first-order valence-corrected chi connectivity index (χ1v) is 5.40. The van der Waals surface area contributed by atoms with Crippen LogP contribution in [-0.2, 0) is 19.7 Å². The van der Waals surface area contributed by atoms with Crippen molar-refractivity contribution in [2.75, 3.05) is 19.7 Å². The third kappa shape index (κ3) is 6.50. The quantitative estimate of drug-likeness (QED) is 0.550. The molecule has 0 aliphatic heterocycles. The van der Waals surface area contributed by atoms with Gasteiger partial charge in [-0.2, -0.15) is 13.1 Å². The second-order valence-electron chi connectivity index (χ2n) is 2.13. The van der Waals surface area contributed by atoms with Crippen molar-refractivity contribution in [2.45, 2.75) is 13.8 Å². The van der Waals surface area contributed by atoms with Crippen molar-refractivity contribution in [3.05, 3.63) is 0 Å². The second kappa shape index (κ2) is 5.90. The Hall–Kier alpha value is -0.660. The highest BCUT2D eigenvalue weighted by molar-refractivity contribution is 7.87. The van der Waals surface area contributed by atoms with Gasteiger partial charge >= 0.3 is 5.97 Å². The monoisotopic (exact) mass is 210 g/mol. The number of rotatable bonds is 6. The fraction of sp³-hybridized carbons (Fsp3) is 0.833. The Balaban J connectivity index is 3.81. The van der Waals surface area contributed by atoms with Crippen LogP contribution in [0.2, 0.25) is 0 Å². The molecule has 0 aromatic rings. The molecule has 0 aliphatic rings. The largest absolute Gasteiger partial charge is 0.465 e. The second-order valence-corrected chi connectivity index (χ2v) is 3.71. The zero-order chi connectivity index (χ0) is 10.3. The molecule has 0 aliphatic carbocycles. The molecular weight excluding hydrogens is 196 g/mol. The van der Waals surface area contributed by atoms with E-state index in [4.69, 9.17) is 0 Å². The lowest BCUT2D eigenvalue weighted by Crippen LogP contribution is -2.39. The summed E-state index contributed by atoms with van der Waals surface area (Å²) in [5, 5.41) is 0. The standard InChI is InChI=1S/C6H14N2O4S/c1-3-7-13(10,11)8-5-6(9)12-4-2/h7-8H,3-5H2,1-2H3. The van der Waals surface area contributed by atoms with Crippen LogP contribution in [0.15, 0.2) is 0 Å². The summed E-state index contributed by atoms with van der Waals surface area (Å²) in [5.41, 5.74) is 0. The van der Waals surface area contributed by atoms with Crippen LogP contribution < -0.4 is 9.44 Å². The number of nitrogens with one attached hydrogen (secondary N) is 2. The predicted molar refractivity (Wildman–Crippen MR) is 47.2 cm³/mol. The van der Waals surface area contributed by atoms with E-state index in [1.54, 1.807) is 13.8 Å². The van der Waals surface area contributed by atoms with Crippen molar-refractivity contribution in [1.29, 1.82) is 0 Å². The molecule has 78 valence electrons. The van der Waals surface area contributed by atoms with Crippen molar-refractivity contribution >= 4 is 16.2 Å². The number of ether oxygens (including phenoxy) is 1. The van der Waals surface area contributed by atoms with E-state index >= 15 is 0 Å². The third-order valence-electron chi connectivity index (χ3n) is 1.05. The van der Waals surface area contributed by atoms with Crippen molar-refractivity contribution < 1.29 is 17.9 Å². The van der Waals surface area contributed by atoms with Gasteiger partial charge in [-0.05, 0) is 6.92 Å². The van der Waals surface area contributed by atoms with Crippen LogP contribution in [0, 0.1) is 0 Å². The smallest absolute Gasteiger partial charge is 0.321 e. The zero-order valence-electron chi connectivity index (χ0n) is 7.66. The van der Waals surface area contributed by atoms with Crippen molar-refractivity contribution in [2.24, 2.45) is 0 Å². The molecule has 0 bridgehead atoms. The van der Waals surface area contributed by atoms with E-state index in [0.29, 0.717) is 0 Å². The molecule has 0 radical (unpaired) electrons. The minimum absolute atomic E-state index is 0.238. The molecule has 0 fully saturated rings. The van der Waals surface area contributed by atoms with Gasteiger partial charge in [0.25, 0.3) is 10.2 Å². The maximum atomic E-state index is 10.9. The first-order chi connectivity index (χ1) is 6.02. The summed E-state index contributed by atoms with van der Waals surface area (Å²) in [4.78, 5) is 10.7. The summed E-state index contributed by atoms with van der Waals surface area (Å²) in [6, 6.07) is 0. The molecule has 0 amide bonds. The Morgan fingerprint density at radius 2 is 1.92 bits per heavy atom. The van der Waals surface area contributed by atoms with Gasteiger partial charge in [0.2, 0.25) is 0 Å². The van der Waals surface area contributed by atoms with Gasteiger partial charge in [0.15, 0.2) is 0 Å². The summed E-state index contributed by atoms with van der Waals surface area (Å²) in [5.74, 6) is -0.594. The number of esters is 1. The number of hydrogen-bond donors (Lipinski definition) is 2. The van der Waals surface area contributed by atoms with Crippen LogP contribution in [-0.4, -0.2) is 34.1 Å². The van der Waals surface area contributed by atoms with Crippen LogP contribution in [0.25, 0.3) is 0 Å². The average Bonchev–Trinajstić information content (AvgIpc) is 2.02. The van der Waals surface area contributed by atoms with Gasteiger partial charge in [-0.1, -0.05) is 6.92 Å². The lowest BCUT2D eigenvalue weighted by Gasteiger charge is -2.05. The molecule has 0 spiro atoms. The van der Waals surface area contributed by atoms with Crippen molar-refractivity contribution in [3.63, 3.8) is 0 Å². The summed E-state index contributed by atoms with van der Waals surface area (Å²) in [6.45, 7) is 3.46. The fourth-order valence-corrected chi connectivity index (χ4v) is 1.40. The highest BCUT2D eigenvalue weighted by atomic mass is 32.2. The van der Waals surface area contributed by atoms with Crippen LogP contribution in [0.3, 0.4) is 0 Å². The Morgan fingerprint density at radius 3 is 2.38 bits per heavy atom. The first kappa shape index (κ1) is 12.3. The molecule has 7 heteroatoms. The summed E-state index contributed by atoms with van der Waals surface area (Å²) in [7, 11) is -3.55. The number of carbonyl (C=O) groups excluding carboxylic acids is 1. The molecular formula is C6H14N2O4S. The van der Waals surface area contributed by atoms with Crippen LogP contribution in [0.1, 0.15) is 13.8 Å². The molecule has 0 saturated heterocycles. The average molecular weight is 210 g/mol. The first-order valence-electron chi connectivity index (χ1n) is 3.91. The molecule has 6 nitrogen and oxygen atoms in total. The molecule has 0 atom stereocenters. The van der Waals surface area contributed by atoms with Gasteiger partial charge in [0.1, 0.15) is 6.54 Å². The normalized spacial score (nSPS) is 11.2. The van der Waals surface area contributed by atoms with Crippen LogP contribution >= 0.6 is 0 Å². The van der Waals surface area contributed by atoms with Gasteiger partial charge < -0.3 is 4.74 Å². The molecule has 0 aromatic heterocycles. The van der Waals surface area contributed by atoms with Gasteiger partial charge in [-0.15, -0.1) is 0 Å². The molecule has 0 rings (SSSR count). The molecule has 0 aromatic carbocycles. The molecule has 13 heavy (non-hydrogen) atoms. The highest BCUT2D eigenvalue weighted by Crippen LogP contribution is 1.79. The Morgan fingerprint density at radius 1 is 1.31 bits per heavy atom. The molecule has 0 unspecified atom stereocenters. The van der Waals surface area contributed by atoms with Crippen molar-refractivity contribution in [3.8, 4) is 0 Å². The minimum Gasteiger partial charge on any atom is -0.465 e. The van der Waals surface area contributed by atoms with E-state index in [1.165, 1.54) is 0 Å². The van der Waals surface area contributed by atoms with Gasteiger partial charge in [0.05, 0.1) is 6.61 Å². The van der Waals surface area contributed by atoms with Crippen molar-refractivity contribution in [1.82, 2.24) is 9.44 Å². The Bertz CT molecular complexity index is 249. The van der Waals surface area contributed by atoms with Crippen LogP contribution in [0.5, 0.6) is 0 Å². The SMILES string of the molecule is CCNS(=O)(=O)NCC(=O)OCC. The van der Waals surface area contributed by atoms with Crippen LogP contribution in [0.4, 0.5) is 0 Å². The fourth-order valence-electron chi connectivity index (χ4n) is 0.607. The van der Waals surface area contributed by atoms with E-state index in [1.807, 2.05) is 4.72 Å². The van der Waals surface area contributed by atoms with Gasteiger partial charge in [-0.3, -0.25) is 4.79 Å². The number of hydrogen-bond acceptors (Lipinski definition) is 4. The lowest BCUT2D eigenvalue weighted by molar-refractivity contribution is -0.141. The van der Waals surface area contributed by atoms with E-state index in [-0.39, 0.29) is 19.7 Å². The topological polar surface area (TPSA) is 84.5 Å². The van der Waals surface area contributed by atoms with E-state index in [9.17, 15) is 13.2 Å². The predicted octanol–water partition coefficient (Wildman–Crippen LogP) is -1.01. The molecule has 0 saturated carbocycles. The minimum atomic E-state index is -3.55. The lowest BCUT2D eigenvalue weighted by atomic mass is 10.7. The van der Waals surface area contributed by atoms with E-state index in [2.05, 4.69) is 9.46 Å². The summed E-state index contributed by atoms with van der Waals surface area (Å²) < 4.78 is 30.5. The number of carbonyl (C=O) groups is 1. The maximum Gasteiger partial charge on any atom is 0.321 e. The van der Waals surface area contributed by atoms with E-state index in [0.717, 1.165) is 0 Å². The Labute approximate surface area is 77.8 Å². The third-order valence-corrected chi connectivity index (χ3v) is 2.24. The maximum absolute atomic E-state index is 10.9. The zero-order valence-corrected chi connectivity index (χ0v) is 8.48. The summed E-state index contributed by atoms with van der Waals surface area (Å²) >= 11 is 0. The Kier molecular flexibility index (Phi) is 5.60. The highest BCUT2D eigenvalue weighted by Gasteiger charge is 2.10. The van der Waals surface area contributed by atoms with Gasteiger partial charge in [0, 0.05) is 6.54 Å².